The van der Waals surface area contributed by atoms with Crippen LogP contribution in [0.1, 0.15) is 40.5 Å². The Balaban J connectivity index is 4.32. The van der Waals surface area contributed by atoms with Crippen molar-refractivity contribution in [3.05, 3.63) is 0 Å². The monoisotopic (exact) mass is 249 g/mol. The molecular formula is C11H23NO3S. The molecule has 16 heavy (non-hydrogen) atoms. The second-order valence-electron chi connectivity index (χ2n) is 5.13. The van der Waals surface area contributed by atoms with Gasteiger partial charge in [-0.2, -0.15) is 0 Å². The van der Waals surface area contributed by atoms with E-state index in [4.69, 9.17) is 5.73 Å². The summed E-state index contributed by atoms with van der Waals surface area (Å²) >= 11 is 0. The summed E-state index contributed by atoms with van der Waals surface area (Å²) in [5.74, 6) is -0.219. The highest BCUT2D eigenvalue weighted by Gasteiger charge is 2.29. The Morgan fingerprint density at radius 2 is 1.81 bits per heavy atom. The standard InChI is InChI=1S/C11H23NO3S/c1-9(5-7-12)10(13)6-8-16(14,15)11(2,3)4/h9H,5-8,12H2,1-4H3. The van der Waals surface area contributed by atoms with Gasteiger partial charge in [0.2, 0.25) is 0 Å². The number of rotatable bonds is 6. The van der Waals surface area contributed by atoms with Gasteiger partial charge in [0.05, 0.1) is 10.5 Å². The summed E-state index contributed by atoms with van der Waals surface area (Å²) in [7, 11) is -3.19. The van der Waals surface area contributed by atoms with Crippen molar-refractivity contribution in [2.45, 2.75) is 45.3 Å². The third kappa shape index (κ3) is 4.61. The molecule has 0 aliphatic carbocycles. The predicted octanol–water partition coefficient (Wildman–Crippen LogP) is 1.14. The van der Waals surface area contributed by atoms with Crippen molar-refractivity contribution in [3.8, 4) is 0 Å². The zero-order chi connectivity index (χ0) is 13.0. The molecule has 0 rings (SSSR count). The molecule has 0 saturated heterocycles. The maximum atomic E-state index is 11.8. The van der Waals surface area contributed by atoms with Gasteiger partial charge in [-0.1, -0.05) is 6.92 Å². The van der Waals surface area contributed by atoms with Crippen LogP contribution in [-0.4, -0.2) is 31.2 Å². The molecule has 0 bridgehead atoms. The van der Waals surface area contributed by atoms with E-state index >= 15 is 0 Å². The molecule has 0 aromatic rings. The summed E-state index contributed by atoms with van der Waals surface area (Å²) in [4.78, 5) is 11.6. The highest BCUT2D eigenvalue weighted by Crippen LogP contribution is 2.17. The molecule has 0 aromatic carbocycles. The topological polar surface area (TPSA) is 77.2 Å². The fourth-order valence-electron chi connectivity index (χ4n) is 1.20. The average Bonchev–Trinajstić information content (AvgIpc) is 2.12. The molecule has 2 N–H and O–H groups in total. The Labute approximate surface area is 98.5 Å². The number of hydrogen-bond donors (Lipinski definition) is 1. The summed E-state index contributed by atoms with van der Waals surface area (Å²) in [5, 5.41) is 0. The summed E-state index contributed by atoms with van der Waals surface area (Å²) < 4.78 is 22.7. The summed E-state index contributed by atoms with van der Waals surface area (Å²) in [5.41, 5.74) is 5.35. The van der Waals surface area contributed by atoms with Crippen molar-refractivity contribution in [2.75, 3.05) is 12.3 Å². The number of carbonyl (C=O) groups excluding carboxylic acids is 1. The van der Waals surface area contributed by atoms with Gasteiger partial charge in [0.15, 0.2) is 9.84 Å². The first-order valence-corrected chi connectivity index (χ1v) is 7.22. The minimum absolute atomic E-state index is 0.0155. The molecule has 1 atom stereocenters. The molecule has 0 aliphatic heterocycles. The number of sulfone groups is 1. The largest absolute Gasteiger partial charge is 0.330 e. The van der Waals surface area contributed by atoms with Crippen LogP contribution < -0.4 is 5.73 Å². The number of ketones is 1. The molecule has 0 saturated carbocycles. The molecular weight excluding hydrogens is 226 g/mol. The number of Topliss-reactive ketones (excluding diaryl/α,β-unsaturated/α-hetero) is 1. The minimum atomic E-state index is -3.19. The van der Waals surface area contributed by atoms with Crippen molar-refractivity contribution < 1.29 is 13.2 Å². The van der Waals surface area contributed by atoms with Gasteiger partial charge in [0.25, 0.3) is 0 Å². The van der Waals surface area contributed by atoms with Crippen LogP contribution >= 0.6 is 0 Å². The summed E-state index contributed by atoms with van der Waals surface area (Å²) in [6.45, 7) is 7.19. The normalized spacial score (nSPS) is 14.8. The molecule has 0 spiro atoms. The lowest BCUT2D eigenvalue weighted by atomic mass is 10.0. The molecule has 5 heteroatoms. The van der Waals surface area contributed by atoms with Gasteiger partial charge in [-0.05, 0) is 33.7 Å². The Morgan fingerprint density at radius 3 is 2.19 bits per heavy atom. The SMILES string of the molecule is CC(CCN)C(=O)CCS(=O)(=O)C(C)(C)C. The third-order valence-electron chi connectivity index (χ3n) is 2.70. The van der Waals surface area contributed by atoms with Gasteiger partial charge >= 0.3 is 0 Å². The van der Waals surface area contributed by atoms with E-state index in [0.717, 1.165) is 0 Å². The summed E-state index contributed by atoms with van der Waals surface area (Å²) in [6.07, 6.45) is 0.717. The minimum Gasteiger partial charge on any atom is -0.330 e. The van der Waals surface area contributed by atoms with Crippen LogP contribution in [0.2, 0.25) is 0 Å². The van der Waals surface area contributed by atoms with Crippen LogP contribution in [0.4, 0.5) is 0 Å². The predicted molar refractivity (Wildman–Crippen MR) is 66.0 cm³/mol. The van der Waals surface area contributed by atoms with Crippen LogP contribution in [0.3, 0.4) is 0 Å². The van der Waals surface area contributed by atoms with Crippen LogP contribution in [0.25, 0.3) is 0 Å². The number of carbonyl (C=O) groups is 1. The lowest BCUT2D eigenvalue weighted by Gasteiger charge is -2.19. The third-order valence-corrected chi connectivity index (χ3v) is 5.31. The van der Waals surface area contributed by atoms with Gasteiger partial charge < -0.3 is 5.73 Å². The lowest BCUT2D eigenvalue weighted by Crippen LogP contribution is -2.32. The van der Waals surface area contributed by atoms with Crippen molar-refractivity contribution in [1.29, 1.82) is 0 Å². The lowest BCUT2D eigenvalue weighted by molar-refractivity contribution is -0.122. The van der Waals surface area contributed by atoms with E-state index in [1.54, 1.807) is 27.7 Å². The molecule has 0 heterocycles. The van der Waals surface area contributed by atoms with Crippen molar-refractivity contribution in [2.24, 2.45) is 11.7 Å². The van der Waals surface area contributed by atoms with Crippen LogP contribution in [0.15, 0.2) is 0 Å². The van der Waals surface area contributed by atoms with Gasteiger partial charge in [-0.15, -0.1) is 0 Å². The van der Waals surface area contributed by atoms with Crippen molar-refractivity contribution >= 4 is 15.6 Å². The van der Waals surface area contributed by atoms with Gasteiger partial charge in [0.1, 0.15) is 5.78 Å². The van der Waals surface area contributed by atoms with E-state index in [1.165, 1.54) is 0 Å². The molecule has 0 aromatic heterocycles. The van der Waals surface area contributed by atoms with Gasteiger partial charge in [-0.25, -0.2) is 8.42 Å². The number of hydrogen-bond acceptors (Lipinski definition) is 4. The van der Waals surface area contributed by atoms with E-state index < -0.39 is 14.6 Å². The molecule has 0 aliphatic rings. The first-order chi connectivity index (χ1) is 7.12. The van der Waals surface area contributed by atoms with Gasteiger partial charge in [-0.3, -0.25) is 4.79 Å². The quantitative estimate of drug-likeness (QED) is 0.766. The Kier molecular flexibility index (Phi) is 5.62. The molecule has 0 radical (unpaired) electrons. The van der Waals surface area contributed by atoms with Crippen LogP contribution in [0, 0.1) is 5.92 Å². The van der Waals surface area contributed by atoms with E-state index in [9.17, 15) is 13.2 Å². The fourth-order valence-corrected chi connectivity index (χ4v) is 2.28. The van der Waals surface area contributed by atoms with Crippen LogP contribution in [0.5, 0.6) is 0 Å². The van der Waals surface area contributed by atoms with Crippen molar-refractivity contribution in [1.82, 2.24) is 0 Å². The summed E-state index contributed by atoms with van der Waals surface area (Å²) in [6, 6.07) is 0. The first-order valence-electron chi connectivity index (χ1n) is 5.57. The fraction of sp³-hybridized carbons (Fsp3) is 0.909. The average molecular weight is 249 g/mol. The first kappa shape index (κ1) is 15.6. The Bertz CT molecular complexity index is 328. The maximum Gasteiger partial charge on any atom is 0.155 e. The van der Waals surface area contributed by atoms with E-state index in [2.05, 4.69) is 0 Å². The highest BCUT2D eigenvalue weighted by atomic mass is 32.2. The number of nitrogens with two attached hydrogens (primary N) is 1. The second kappa shape index (κ2) is 5.77. The van der Waals surface area contributed by atoms with Crippen LogP contribution in [-0.2, 0) is 14.6 Å². The molecule has 0 amide bonds. The highest BCUT2D eigenvalue weighted by molar-refractivity contribution is 7.92. The maximum absolute atomic E-state index is 11.8. The van der Waals surface area contributed by atoms with E-state index in [-0.39, 0.29) is 23.9 Å². The van der Waals surface area contributed by atoms with Crippen molar-refractivity contribution in [3.63, 3.8) is 0 Å². The molecule has 1 unspecified atom stereocenters. The molecule has 96 valence electrons. The Morgan fingerprint density at radius 1 is 1.31 bits per heavy atom. The Hall–Kier alpha value is -0.420. The zero-order valence-corrected chi connectivity index (χ0v) is 11.4. The second-order valence-corrected chi connectivity index (χ2v) is 7.99. The molecule has 0 fully saturated rings. The molecule has 4 nitrogen and oxygen atoms in total. The van der Waals surface area contributed by atoms with E-state index in [1.807, 2.05) is 0 Å². The zero-order valence-electron chi connectivity index (χ0n) is 10.6. The van der Waals surface area contributed by atoms with E-state index in [0.29, 0.717) is 13.0 Å². The smallest absolute Gasteiger partial charge is 0.155 e. The van der Waals surface area contributed by atoms with Gasteiger partial charge in [0, 0.05) is 12.3 Å².